The maximum absolute atomic E-state index is 13.3. The van der Waals surface area contributed by atoms with Crippen molar-refractivity contribution in [3.8, 4) is 0 Å². The molecule has 1 aromatic heterocycles. The number of benzene rings is 3. The molecule has 0 saturated carbocycles. The minimum atomic E-state index is -0.490. The van der Waals surface area contributed by atoms with Crippen LogP contribution in [0.2, 0.25) is 0 Å². The molecule has 196 valence electrons. The lowest BCUT2D eigenvalue weighted by Crippen LogP contribution is -2.36. The van der Waals surface area contributed by atoms with E-state index in [1.54, 1.807) is 0 Å². The number of hydrogen-bond acceptors (Lipinski definition) is 6. The van der Waals surface area contributed by atoms with Crippen molar-refractivity contribution in [2.75, 3.05) is 6.54 Å². The Labute approximate surface area is 222 Å². The maximum Gasteiger partial charge on any atom is 0.325 e. The lowest BCUT2D eigenvalue weighted by molar-refractivity contribution is -0.144. The Morgan fingerprint density at radius 1 is 1.03 bits per heavy atom. The van der Waals surface area contributed by atoms with Gasteiger partial charge in [0.2, 0.25) is 0 Å². The highest BCUT2D eigenvalue weighted by Gasteiger charge is 2.26. The van der Waals surface area contributed by atoms with Crippen molar-refractivity contribution in [2.45, 2.75) is 59.5 Å². The Kier molecular flexibility index (Phi) is 6.99. The highest BCUT2D eigenvalue weighted by atomic mass is 16.7. The third-order valence-corrected chi connectivity index (χ3v) is 7.85. The molecule has 3 aromatic carbocycles. The Morgan fingerprint density at radius 2 is 1.84 bits per heavy atom. The third-order valence-electron chi connectivity index (χ3n) is 7.85. The van der Waals surface area contributed by atoms with Crippen LogP contribution in [0.5, 0.6) is 0 Å². The standard InChI is InChI=1S/C30H33N5O3/c1-5-35-27-11-10-25(20(4)29(27)32-33-35)26(16-28(36)38-31)22-9-8-21-12-13-34(17-24(21)15-22)30(37)23-7-6-18(2)19(3)14-23/h6-11,14-15,26H,5,12-13,16-17,31H2,1-4H3/t26-/m0/s1. The van der Waals surface area contributed by atoms with Gasteiger partial charge >= 0.3 is 5.97 Å². The fourth-order valence-electron chi connectivity index (χ4n) is 5.44. The molecule has 5 rings (SSSR count). The SMILES string of the molecule is CCn1nnc2c(C)c([C@@H](CC(=O)ON)c3ccc4c(c3)CN(C(=O)c3ccc(C)c(C)c3)CC4)ccc21. The molecule has 1 aliphatic rings. The molecule has 1 atom stereocenters. The van der Waals surface area contributed by atoms with Crippen molar-refractivity contribution < 1.29 is 14.4 Å². The summed E-state index contributed by atoms with van der Waals surface area (Å²) in [7, 11) is 0. The van der Waals surface area contributed by atoms with Crippen molar-refractivity contribution >= 4 is 22.9 Å². The van der Waals surface area contributed by atoms with Gasteiger partial charge in [-0.1, -0.05) is 35.5 Å². The Balaban J connectivity index is 1.50. The number of aryl methyl sites for hydroxylation is 4. The van der Waals surface area contributed by atoms with Gasteiger partial charge in [0.1, 0.15) is 5.52 Å². The molecule has 8 nitrogen and oxygen atoms in total. The van der Waals surface area contributed by atoms with Crippen molar-refractivity contribution in [3.05, 3.63) is 93.0 Å². The molecule has 38 heavy (non-hydrogen) atoms. The van der Waals surface area contributed by atoms with Gasteiger partial charge in [-0.2, -0.15) is 5.90 Å². The van der Waals surface area contributed by atoms with Gasteiger partial charge in [0, 0.05) is 31.1 Å². The van der Waals surface area contributed by atoms with Crippen molar-refractivity contribution in [1.29, 1.82) is 0 Å². The summed E-state index contributed by atoms with van der Waals surface area (Å²) in [4.78, 5) is 32.2. The molecule has 2 N–H and O–H groups in total. The largest absolute Gasteiger partial charge is 0.373 e. The van der Waals surface area contributed by atoms with Crippen LogP contribution in [0.3, 0.4) is 0 Å². The zero-order chi connectivity index (χ0) is 27.0. The molecule has 4 aromatic rings. The minimum absolute atomic E-state index is 0.0349. The number of rotatable bonds is 6. The number of fused-ring (bicyclic) bond motifs is 2. The molecule has 0 spiro atoms. The van der Waals surface area contributed by atoms with Crippen LogP contribution in [0.25, 0.3) is 11.0 Å². The number of nitrogens with two attached hydrogens (primary N) is 1. The van der Waals surface area contributed by atoms with Gasteiger partial charge in [-0.25, -0.2) is 4.68 Å². The zero-order valence-electron chi connectivity index (χ0n) is 22.3. The molecule has 1 amide bonds. The number of carbonyl (C=O) groups excluding carboxylic acids is 2. The van der Waals surface area contributed by atoms with Crippen LogP contribution < -0.4 is 5.90 Å². The van der Waals surface area contributed by atoms with Crippen LogP contribution >= 0.6 is 0 Å². The summed E-state index contributed by atoms with van der Waals surface area (Å²) in [5, 5.41) is 8.65. The average molecular weight is 512 g/mol. The summed E-state index contributed by atoms with van der Waals surface area (Å²) in [5.74, 6) is 4.51. The van der Waals surface area contributed by atoms with Gasteiger partial charge in [-0.05, 0) is 91.3 Å². The van der Waals surface area contributed by atoms with Crippen LogP contribution in [0.1, 0.15) is 68.6 Å². The second-order valence-corrected chi connectivity index (χ2v) is 10.1. The molecular weight excluding hydrogens is 478 g/mol. The number of aromatic nitrogens is 3. The molecule has 0 fully saturated rings. The molecule has 1 aliphatic heterocycles. The van der Waals surface area contributed by atoms with Crippen LogP contribution in [-0.2, 0) is 29.1 Å². The van der Waals surface area contributed by atoms with E-state index < -0.39 is 5.97 Å². The second-order valence-electron chi connectivity index (χ2n) is 10.1. The third kappa shape index (κ3) is 4.67. The van der Waals surface area contributed by atoms with Gasteiger partial charge in [0.15, 0.2) is 0 Å². The van der Waals surface area contributed by atoms with E-state index in [0.29, 0.717) is 18.7 Å². The van der Waals surface area contributed by atoms with Gasteiger partial charge in [0.05, 0.1) is 11.9 Å². The minimum Gasteiger partial charge on any atom is -0.373 e. The fourth-order valence-corrected chi connectivity index (χ4v) is 5.44. The first-order valence-corrected chi connectivity index (χ1v) is 13.0. The first-order chi connectivity index (χ1) is 18.3. The smallest absolute Gasteiger partial charge is 0.325 e. The molecule has 0 unspecified atom stereocenters. The van der Waals surface area contributed by atoms with Crippen molar-refractivity contribution in [1.82, 2.24) is 19.9 Å². The van der Waals surface area contributed by atoms with Crippen molar-refractivity contribution in [3.63, 3.8) is 0 Å². The number of nitrogens with zero attached hydrogens (tertiary/aromatic N) is 4. The zero-order valence-corrected chi connectivity index (χ0v) is 22.3. The predicted octanol–water partition coefficient (Wildman–Crippen LogP) is 4.51. The molecule has 0 bridgehead atoms. The van der Waals surface area contributed by atoms with E-state index in [4.69, 9.17) is 5.90 Å². The normalized spacial score (nSPS) is 13.9. The lowest BCUT2D eigenvalue weighted by atomic mass is 9.83. The monoisotopic (exact) mass is 511 g/mol. The van der Waals surface area contributed by atoms with Crippen LogP contribution in [0.4, 0.5) is 0 Å². The fraction of sp³-hybridized carbons (Fsp3) is 0.333. The first kappa shape index (κ1) is 25.6. The van der Waals surface area contributed by atoms with Crippen LogP contribution in [0.15, 0.2) is 48.5 Å². The summed E-state index contributed by atoms with van der Waals surface area (Å²) in [6, 6.07) is 16.2. The highest BCUT2D eigenvalue weighted by molar-refractivity contribution is 5.94. The summed E-state index contributed by atoms with van der Waals surface area (Å²) >= 11 is 0. The van der Waals surface area contributed by atoms with Gasteiger partial charge in [-0.3, -0.25) is 9.59 Å². The first-order valence-electron chi connectivity index (χ1n) is 13.0. The van der Waals surface area contributed by atoms with Crippen molar-refractivity contribution in [2.24, 2.45) is 5.90 Å². The number of hydrogen-bond donors (Lipinski definition) is 1. The Morgan fingerprint density at radius 3 is 2.58 bits per heavy atom. The topological polar surface area (TPSA) is 103 Å². The predicted molar refractivity (Wildman–Crippen MR) is 145 cm³/mol. The van der Waals surface area contributed by atoms with E-state index in [-0.39, 0.29) is 18.2 Å². The van der Waals surface area contributed by atoms with Crippen LogP contribution in [0, 0.1) is 20.8 Å². The molecule has 0 radical (unpaired) electrons. The number of carbonyl (C=O) groups is 2. The van der Waals surface area contributed by atoms with Crippen LogP contribution in [-0.4, -0.2) is 38.3 Å². The summed E-state index contributed by atoms with van der Waals surface area (Å²) in [5.41, 5.74) is 9.99. The molecule has 0 aliphatic carbocycles. The molecule has 0 saturated heterocycles. The summed E-state index contributed by atoms with van der Waals surface area (Å²) in [6.45, 7) is 10.0. The van der Waals surface area contributed by atoms with E-state index in [9.17, 15) is 9.59 Å². The molecule has 2 heterocycles. The van der Waals surface area contributed by atoms with E-state index in [1.165, 1.54) is 11.1 Å². The second kappa shape index (κ2) is 10.4. The summed E-state index contributed by atoms with van der Waals surface area (Å²) in [6.07, 6.45) is 0.877. The summed E-state index contributed by atoms with van der Waals surface area (Å²) < 4.78 is 1.86. The Hall–Kier alpha value is -4.04. The highest BCUT2D eigenvalue weighted by Crippen LogP contribution is 2.35. The van der Waals surface area contributed by atoms with Gasteiger partial charge in [0.25, 0.3) is 5.91 Å². The molecular formula is C30H33N5O3. The lowest BCUT2D eigenvalue weighted by Gasteiger charge is -2.30. The number of amides is 1. The Bertz CT molecular complexity index is 1540. The molecule has 8 heteroatoms. The van der Waals surface area contributed by atoms with E-state index in [0.717, 1.165) is 51.8 Å². The van der Waals surface area contributed by atoms with E-state index in [1.807, 2.05) is 67.6 Å². The maximum atomic E-state index is 13.3. The van der Waals surface area contributed by atoms with E-state index in [2.05, 4.69) is 33.3 Å². The van der Waals surface area contributed by atoms with Gasteiger partial charge < -0.3 is 9.74 Å². The quantitative estimate of drug-likeness (QED) is 0.382. The van der Waals surface area contributed by atoms with Gasteiger partial charge in [-0.15, -0.1) is 5.10 Å². The van der Waals surface area contributed by atoms with E-state index >= 15 is 0 Å². The average Bonchev–Trinajstić information content (AvgIpc) is 3.36.